The van der Waals surface area contributed by atoms with Crippen LogP contribution in [0.1, 0.15) is 31.1 Å². The van der Waals surface area contributed by atoms with Crippen LogP contribution >= 0.6 is 0 Å². The Hall–Kier alpha value is -0.893. The first-order valence-corrected chi connectivity index (χ1v) is 9.08. The molecule has 1 nitrogen and oxygen atoms in total. The minimum atomic E-state index is -1.31. The normalized spacial score (nSPS) is 11.4. The molecule has 1 aromatic rings. The summed E-state index contributed by atoms with van der Waals surface area (Å²) in [4.78, 5) is 12.2. The fourth-order valence-corrected chi connectivity index (χ4v) is 5.33. The second-order valence-corrected chi connectivity index (χ2v) is 10.0. The first-order chi connectivity index (χ1) is 7.67. The molecule has 0 spiro atoms. The Morgan fingerprint density at radius 2 is 1.50 bits per heavy atom. The summed E-state index contributed by atoms with van der Waals surface area (Å²) < 4.78 is 0. The van der Waals surface area contributed by atoms with Crippen molar-refractivity contribution in [2.75, 3.05) is 0 Å². The Bertz CT molecular complexity index is 320. The lowest BCUT2D eigenvalue weighted by molar-refractivity contribution is 0.101. The molecule has 0 amide bonds. The van der Waals surface area contributed by atoms with Gasteiger partial charge in [-0.05, 0) is 0 Å². The highest BCUT2D eigenvalue weighted by Gasteiger charge is 2.29. The molecular formula is C14H22OSi. The fourth-order valence-electron chi connectivity index (χ4n) is 2.19. The molecule has 1 aromatic carbocycles. The molecule has 0 fully saturated rings. The van der Waals surface area contributed by atoms with Gasteiger partial charge in [0.05, 0.1) is 8.07 Å². The van der Waals surface area contributed by atoms with Gasteiger partial charge in [0.15, 0.2) is 5.78 Å². The van der Waals surface area contributed by atoms with Crippen molar-refractivity contribution in [2.24, 2.45) is 0 Å². The summed E-state index contributed by atoms with van der Waals surface area (Å²) in [6.45, 7) is 6.74. The van der Waals surface area contributed by atoms with Crippen LogP contribution in [-0.4, -0.2) is 13.9 Å². The summed E-state index contributed by atoms with van der Waals surface area (Å²) >= 11 is 0. The zero-order valence-corrected chi connectivity index (χ0v) is 11.6. The van der Waals surface area contributed by atoms with Crippen molar-refractivity contribution in [3.05, 3.63) is 35.9 Å². The molecule has 0 saturated heterocycles. The van der Waals surface area contributed by atoms with E-state index in [2.05, 4.69) is 20.8 Å². The SMILES string of the molecule is CC[Si](CC)(CC)CC(=O)c1ccccc1. The van der Waals surface area contributed by atoms with Crippen LogP contribution in [0.15, 0.2) is 30.3 Å². The number of ketones is 1. The lowest BCUT2D eigenvalue weighted by Gasteiger charge is -2.27. The summed E-state index contributed by atoms with van der Waals surface area (Å²) in [5, 5.41) is 0. The Morgan fingerprint density at radius 3 is 1.94 bits per heavy atom. The third-order valence-electron chi connectivity index (χ3n) is 3.88. The van der Waals surface area contributed by atoms with Crippen molar-refractivity contribution in [1.29, 1.82) is 0 Å². The van der Waals surface area contributed by atoms with Crippen molar-refractivity contribution < 1.29 is 4.79 Å². The van der Waals surface area contributed by atoms with Crippen LogP contribution < -0.4 is 0 Å². The standard InChI is InChI=1S/C14H22OSi/c1-4-16(5-2,6-3)12-14(15)13-10-8-7-9-11-13/h7-11H,4-6,12H2,1-3H3. The minimum Gasteiger partial charge on any atom is -0.295 e. The molecule has 0 aliphatic heterocycles. The van der Waals surface area contributed by atoms with Crippen molar-refractivity contribution in [3.8, 4) is 0 Å². The average molecular weight is 234 g/mol. The van der Waals surface area contributed by atoms with Gasteiger partial charge < -0.3 is 0 Å². The molecule has 0 bridgehead atoms. The van der Waals surface area contributed by atoms with Crippen LogP contribution in [0.4, 0.5) is 0 Å². The fraction of sp³-hybridized carbons (Fsp3) is 0.500. The molecule has 88 valence electrons. The largest absolute Gasteiger partial charge is 0.295 e. The van der Waals surface area contributed by atoms with E-state index in [4.69, 9.17) is 0 Å². The van der Waals surface area contributed by atoms with Crippen LogP contribution in [0.25, 0.3) is 0 Å². The molecule has 0 N–H and O–H groups in total. The van der Waals surface area contributed by atoms with Crippen molar-refractivity contribution >= 4 is 13.9 Å². The minimum absolute atomic E-state index is 0.345. The lowest BCUT2D eigenvalue weighted by Crippen LogP contribution is -2.33. The van der Waals surface area contributed by atoms with Crippen LogP contribution in [0.2, 0.25) is 24.2 Å². The monoisotopic (exact) mass is 234 g/mol. The maximum atomic E-state index is 12.2. The van der Waals surface area contributed by atoms with Gasteiger partial charge in [-0.1, -0.05) is 69.2 Å². The van der Waals surface area contributed by atoms with Gasteiger partial charge in [0.1, 0.15) is 0 Å². The highest BCUT2D eigenvalue weighted by Crippen LogP contribution is 2.26. The highest BCUT2D eigenvalue weighted by atomic mass is 28.3. The summed E-state index contributed by atoms with van der Waals surface area (Å²) in [5.41, 5.74) is 0.884. The van der Waals surface area contributed by atoms with Crippen molar-refractivity contribution in [1.82, 2.24) is 0 Å². The Kier molecular flexibility index (Phi) is 4.94. The zero-order chi connectivity index (χ0) is 12.0. The quantitative estimate of drug-likeness (QED) is 0.527. The summed E-state index contributed by atoms with van der Waals surface area (Å²) in [5.74, 6) is 0.345. The van der Waals surface area contributed by atoms with Gasteiger partial charge in [0, 0.05) is 11.6 Å². The topological polar surface area (TPSA) is 17.1 Å². The van der Waals surface area contributed by atoms with E-state index < -0.39 is 8.07 Å². The number of carbonyl (C=O) groups excluding carboxylic acids is 1. The zero-order valence-electron chi connectivity index (χ0n) is 10.6. The molecule has 0 radical (unpaired) electrons. The maximum Gasteiger partial charge on any atom is 0.160 e. The number of carbonyl (C=O) groups is 1. The molecule has 16 heavy (non-hydrogen) atoms. The summed E-state index contributed by atoms with van der Waals surface area (Å²) in [6.07, 6.45) is 0. The van der Waals surface area contributed by atoms with E-state index in [0.717, 1.165) is 11.6 Å². The van der Waals surface area contributed by atoms with Gasteiger partial charge >= 0.3 is 0 Å². The Morgan fingerprint density at radius 1 is 1.00 bits per heavy atom. The Balaban J connectivity index is 2.77. The van der Waals surface area contributed by atoms with E-state index in [0.29, 0.717) is 5.78 Å². The van der Waals surface area contributed by atoms with E-state index in [1.165, 1.54) is 18.1 Å². The van der Waals surface area contributed by atoms with Crippen molar-refractivity contribution in [3.63, 3.8) is 0 Å². The number of hydrogen-bond acceptors (Lipinski definition) is 1. The molecule has 1 rings (SSSR count). The number of hydrogen-bond donors (Lipinski definition) is 0. The first-order valence-electron chi connectivity index (χ1n) is 6.25. The van der Waals surface area contributed by atoms with Gasteiger partial charge in [0.2, 0.25) is 0 Å². The molecule has 0 atom stereocenters. The van der Waals surface area contributed by atoms with Gasteiger partial charge in [-0.25, -0.2) is 0 Å². The van der Waals surface area contributed by atoms with Gasteiger partial charge in [0.25, 0.3) is 0 Å². The lowest BCUT2D eigenvalue weighted by atomic mass is 10.2. The van der Waals surface area contributed by atoms with E-state index >= 15 is 0 Å². The first kappa shape index (κ1) is 13.2. The number of rotatable bonds is 6. The van der Waals surface area contributed by atoms with E-state index in [-0.39, 0.29) is 0 Å². The molecule has 0 unspecified atom stereocenters. The third kappa shape index (κ3) is 3.05. The van der Waals surface area contributed by atoms with Gasteiger partial charge in [-0.15, -0.1) is 0 Å². The van der Waals surface area contributed by atoms with Crippen LogP contribution in [0.3, 0.4) is 0 Å². The van der Waals surface area contributed by atoms with Crippen LogP contribution in [-0.2, 0) is 0 Å². The molecule has 0 aliphatic carbocycles. The van der Waals surface area contributed by atoms with E-state index in [1.54, 1.807) is 0 Å². The predicted molar refractivity (Wildman–Crippen MR) is 72.8 cm³/mol. The number of Topliss-reactive ketones (excluding diaryl/α,β-unsaturated/α-hetero) is 1. The molecule has 0 aromatic heterocycles. The molecule has 0 saturated carbocycles. The van der Waals surface area contributed by atoms with Gasteiger partial charge in [-0.3, -0.25) is 4.79 Å². The second-order valence-electron chi connectivity index (χ2n) is 4.53. The van der Waals surface area contributed by atoms with E-state index in [1.807, 2.05) is 30.3 Å². The van der Waals surface area contributed by atoms with Crippen LogP contribution in [0, 0.1) is 0 Å². The maximum absolute atomic E-state index is 12.2. The Labute approximate surface area is 99.9 Å². The smallest absolute Gasteiger partial charge is 0.160 e. The van der Waals surface area contributed by atoms with Gasteiger partial charge in [-0.2, -0.15) is 0 Å². The predicted octanol–water partition coefficient (Wildman–Crippen LogP) is 4.38. The molecular weight excluding hydrogens is 212 g/mol. The average Bonchev–Trinajstić information content (AvgIpc) is 2.37. The number of benzene rings is 1. The third-order valence-corrected chi connectivity index (χ3v) is 9.45. The summed E-state index contributed by atoms with van der Waals surface area (Å²) in [7, 11) is -1.31. The van der Waals surface area contributed by atoms with E-state index in [9.17, 15) is 4.79 Å². The summed E-state index contributed by atoms with van der Waals surface area (Å²) in [6, 6.07) is 14.2. The highest BCUT2D eigenvalue weighted by molar-refractivity contribution is 6.82. The van der Waals surface area contributed by atoms with Crippen LogP contribution in [0.5, 0.6) is 0 Å². The van der Waals surface area contributed by atoms with Crippen molar-refractivity contribution in [2.45, 2.75) is 44.9 Å². The molecule has 0 aliphatic rings. The second kappa shape index (κ2) is 5.99. The molecule has 2 heteroatoms. The molecule has 0 heterocycles.